The Morgan fingerprint density at radius 3 is 2.35 bits per heavy atom. The smallest absolute Gasteiger partial charge is 0.0475 e. The van der Waals surface area contributed by atoms with E-state index in [0.717, 1.165) is 32.6 Å². The summed E-state index contributed by atoms with van der Waals surface area (Å²) >= 11 is 0. The van der Waals surface area contributed by atoms with Gasteiger partial charge in [-0.1, -0.05) is 30.7 Å². The third kappa shape index (κ3) is 6.66. The predicted octanol–water partition coefficient (Wildman–Crippen LogP) is 2.56. The number of rotatable bonds is 7. The van der Waals surface area contributed by atoms with Gasteiger partial charge in [-0.25, -0.2) is 0 Å². The standard InChI is InChI=1S/C20H33N3O.2ClH/c21-8-7-17-5-4-6-18(11-17)12-23-14-19(20(15-23)16-24)13-22-9-2-1-3-10-22;;/h4-6,11,19-20,24H,1-3,7-10,12-16,21H2;2*1H/t19-,20-;;/m1../s1. The van der Waals surface area contributed by atoms with Crippen molar-refractivity contribution in [1.29, 1.82) is 0 Å². The molecule has 0 radical (unpaired) electrons. The van der Waals surface area contributed by atoms with Gasteiger partial charge < -0.3 is 15.7 Å². The van der Waals surface area contributed by atoms with Crippen LogP contribution in [-0.4, -0.2) is 60.8 Å². The third-order valence-corrected chi connectivity index (χ3v) is 5.66. The molecule has 150 valence electrons. The van der Waals surface area contributed by atoms with E-state index in [0.29, 0.717) is 25.0 Å². The first-order valence-electron chi connectivity index (χ1n) is 9.62. The van der Waals surface area contributed by atoms with Crippen LogP contribution in [-0.2, 0) is 13.0 Å². The second-order valence-corrected chi connectivity index (χ2v) is 7.62. The van der Waals surface area contributed by atoms with E-state index in [4.69, 9.17) is 5.73 Å². The summed E-state index contributed by atoms with van der Waals surface area (Å²) in [7, 11) is 0. The minimum atomic E-state index is 0. The molecule has 0 spiro atoms. The summed E-state index contributed by atoms with van der Waals surface area (Å²) in [5.74, 6) is 1.04. The van der Waals surface area contributed by atoms with Crippen molar-refractivity contribution in [3.8, 4) is 0 Å². The van der Waals surface area contributed by atoms with Crippen LogP contribution in [0.15, 0.2) is 24.3 Å². The van der Waals surface area contributed by atoms with Crippen molar-refractivity contribution in [2.75, 3.05) is 45.9 Å². The van der Waals surface area contributed by atoms with Gasteiger partial charge >= 0.3 is 0 Å². The van der Waals surface area contributed by atoms with E-state index in [1.54, 1.807) is 0 Å². The highest BCUT2D eigenvalue weighted by atomic mass is 35.5. The second-order valence-electron chi connectivity index (χ2n) is 7.62. The molecule has 2 saturated heterocycles. The molecule has 2 heterocycles. The molecular formula is C20H35Cl2N3O. The van der Waals surface area contributed by atoms with E-state index in [1.807, 2.05) is 0 Å². The van der Waals surface area contributed by atoms with E-state index in [2.05, 4.69) is 34.1 Å². The normalized spacial score (nSPS) is 24.1. The van der Waals surface area contributed by atoms with Crippen molar-refractivity contribution in [1.82, 2.24) is 9.80 Å². The van der Waals surface area contributed by atoms with Crippen LogP contribution >= 0.6 is 24.8 Å². The van der Waals surface area contributed by atoms with Crippen LogP contribution < -0.4 is 5.73 Å². The van der Waals surface area contributed by atoms with E-state index in [1.165, 1.54) is 43.5 Å². The molecule has 0 bridgehead atoms. The zero-order valence-corrected chi connectivity index (χ0v) is 17.3. The number of piperidine rings is 1. The fourth-order valence-corrected chi connectivity index (χ4v) is 4.36. The topological polar surface area (TPSA) is 52.7 Å². The minimum Gasteiger partial charge on any atom is -0.396 e. The number of hydrogen-bond donors (Lipinski definition) is 2. The van der Waals surface area contributed by atoms with Gasteiger partial charge in [0.2, 0.25) is 0 Å². The Balaban J connectivity index is 0.00000169. The fourth-order valence-electron chi connectivity index (χ4n) is 4.36. The first kappa shape index (κ1) is 23.7. The highest BCUT2D eigenvalue weighted by molar-refractivity contribution is 5.85. The molecule has 0 saturated carbocycles. The molecule has 1 aromatic carbocycles. The Kier molecular flexibility index (Phi) is 11.1. The summed E-state index contributed by atoms with van der Waals surface area (Å²) in [5.41, 5.74) is 8.38. The number of likely N-dealkylation sites (tertiary alicyclic amines) is 2. The van der Waals surface area contributed by atoms with Crippen LogP contribution in [0.4, 0.5) is 0 Å². The predicted molar refractivity (Wildman–Crippen MR) is 113 cm³/mol. The molecule has 3 rings (SSSR count). The van der Waals surface area contributed by atoms with Crippen molar-refractivity contribution in [2.45, 2.75) is 32.2 Å². The maximum Gasteiger partial charge on any atom is 0.0475 e. The molecule has 2 fully saturated rings. The van der Waals surface area contributed by atoms with Gasteiger partial charge in [0.1, 0.15) is 0 Å². The Labute approximate surface area is 170 Å². The third-order valence-electron chi connectivity index (χ3n) is 5.66. The lowest BCUT2D eigenvalue weighted by atomic mass is 9.95. The number of halogens is 2. The lowest BCUT2D eigenvalue weighted by Gasteiger charge is -2.30. The lowest BCUT2D eigenvalue weighted by Crippen LogP contribution is -2.37. The SMILES string of the molecule is Cl.Cl.NCCc1cccc(CN2C[C@@H](CN3CCCCC3)[C@@H](CO)C2)c1. The molecule has 0 aliphatic carbocycles. The number of aliphatic hydroxyl groups excluding tert-OH is 1. The van der Waals surface area contributed by atoms with Crippen LogP contribution in [0.3, 0.4) is 0 Å². The van der Waals surface area contributed by atoms with Gasteiger partial charge in [-0.15, -0.1) is 24.8 Å². The summed E-state index contributed by atoms with van der Waals surface area (Å²) in [6.07, 6.45) is 5.02. The summed E-state index contributed by atoms with van der Waals surface area (Å²) < 4.78 is 0. The van der Waals surface area contributed by atoms with Gasteiger partial charge in [0.25, 0.3) is 0 Å². The number of hydrogen-bond acceptors (Lipinski definition) is 4. The van der Waals surface area contributed by atoms with Crippen LogP contribution in [0.2, 0.25) is 0 Å². The molecule has 6 heteroatoms. The highest BCUT2D eigenvalue weighted by Gasteiger charge is 2.33. The largest absolute Gasteiger partial charge is 0.396 e. The summed E-state index contributed by atoms with van der Waals surface area (Å²) in [6, 6.07) is 8.81. The first-order chi connectivity index (χ1) is 11.8. The molecular weight excluding hydrogens is 369 g/mol. The van der Waals surface area contributed by atoms with Crippen molar-refractivity contribution >= 4 is 24.8 Å². The Morgan fingerprint density at radius 1 is 0.962 bits per heavy atom. The monoisotopic (exact) mass is 403 g/mol. The van der Waals surface area contributed by atoms with E-state index < -0.39 is 0 Å². The van der Waals surface area contributed by atoms with Gasteiger partial charge in [-0.3, -0.25) is 4.90 Å². The molecule has 0 amide bonds. The van der Waals surface area contributed by atoms with Crippen LogP contribution in [0.5, 0.6) is 0 Å². The number of benzene rings is 1. The molecule has 4 nitrogen and oxygen atoms in total. The maximum atomic E-state index is 9.80. The summed E-state index contributed by atoms with van der Waals surface area (Å²) in [4.78, 5) is 5.14. The van der Waals surface area contributed by atoms with Crippen LogP contribution in [0.25, 0.3) is 0 Å². The first-order valence-corrected chi connectivity index (χ1v) is 9.62. The van der Waals surface area contributed by atoms with Crippen molar-refractivity contribution < 1.29 is 5.11 Å². The Bertz CT molecular complexity index is 512. The molecule has 3 N–H and O–H groups in total. The quantitative estimate of drug-likeness (QED) is 0.734. The maximum absolute atomic E-state index is 9.80. The molecule has 2 aliphatic rings. The molecule has 2 aliphatic heterocycles. The number of nitrogens with zero attached hydrogens (tertiary/aromatic N) is 2. The van der Waals surface area contributed by atoms with Gasteiger partial charge in [-0.05, 0) is 61.9 Å². The Hall–Kier alpha value is -0.360. The lowest BCUT2D eigenvalue weighted by molar-refractivity contribution is 0.149. The molecule has 26 heavy (non-hydrogen) atoms. The highest BCUT2D eigenvalue weighted by Crippen LogP contribution is 2.26. The second kappa shape index (κ2) is 12.2. The van der Waals surface area contributed by atoms with Crippen molar-refractivity contribution in [3.05, 3.63) is 35.4 Å². The van der Waals surface area contributed by atoms with E-state index in [9.17, 15) is 5.11 Å². The van der Waals surface area contributed by atoms with Gasteiger partial charge in [0, 0.05) is 32.8 Å². The summed E-state index contributed by atoms with van der Waals surface area (Å²) in [5, 5.41) is 9.80. The molecule has 2 atom stereocenters. The zero-order valence-electron chi connectivity index (χ0n) is 15.7. The number of nitrogens with two attached hydrogens (primary N) is 1. The van der Waals surface area contributed by atoms with Gasteiger partial charge in [0.05, 0.1) is 0 Å². The van der Waals surface area contributed by atoms with Crippen molar-refractivity contribution in [2.24, 2.45) is 17.6 Å². The van der Waals surface area contributed by atoms with Crippen LogP contribution in [0.1, 0.15) is 30.4 Å². The average Bonchev–Trinajstić information content (AvgIpc) is 2.98. The van der Waals surface area contributed by atoms with E-state index in [-0.39, 0.29) is 24.8 Å². The minimum absolute atomic E-state index is 0. The Morgan fingerprint density at radius 2 is 1.65 bits per heavy atom. The van der Waals surface area contributed by atoms with E-state index >= 15 is 0 Å². The average molecular weight is 404 g/mol. The van der Waals surface area contributed by atoms with Gasteiger partial charge in [-0.2, -0.15) is 0 Å². The fraction of sp³-hybridized carbons (Fsp3) is 0.700. The molecule has 0 aromatic heterocycles. The molecule has 1 aromatic rings. The number of aliphatic hydroxyl groups is 1. The van der Waals surface area contributed by atoms with Crippen LogP contribution in [0, 0.1) is 11.8 Å². The molecule has 0 unspecified atom stereocenters. The summed E-state index contributed by atoms with van der Waals surface area (Å²) in [6.45, 7) is 7.81. The zero-order chi connectivity index (χ0) is 16.8. The van der Waals surface area contributed by atoms with Gasteiger partial charge in [0.15, 0.2) is 0 Å². The van der Waals surface area contributed by atoms with Crippen molar-refractivity contribution in [3.63, 3.8) is 0 Å².